The highest BCUT2D eigenvalue weighted by Crippen LogP contribution is 2.44. The molecule has 1 fully saturated rings. The lowest BCUT2D eigenvalue weighted by molar-refractivity contribution is 0.0925. The molecule has 35 heavy (non-hydrogen) atoms. The summed E-state index contributed by atoms with van der Waals surface area (Å²) in [4.78, 5) is 35.5. The number of rotatable bonds is 5. The van der Waals surface area contributed by atoms with Gasteiger partial charge < -0.3 is 11.1 Å². The zero-order chi connectivity index (χ0) is 23.8. The van der Waals surface area contributed by atoms with Crippen LogP contribution >= 0.6 is 0 Å². The number of amides is 1. The lowest BCUT2D eigenvalue weighted by Gasteiger charge is -2.18. The molecule has 2 aromatic carbocycles. The number of anilines is 1. The first-order valence-corrected chi connectivity index (χ1v) is 11.3. The molecule has 1 saturated carbocycles. The molecule has 170 valence electrons. The van der Waals surface area contributed by atoms with E-state index in [1.54, 1.807) is 12.4 Å². The van der Waals surface area contributed by atoms with Gasteiger partial charge in [0, 0.05) is 28.9 Å². The molecule has 0 aliphatic heterocycles. The summed E-state index contributed by atoms with van der Waals surface area (Å²) in [5, 5.41) is 4.05. The third-order valence-corrected chi connectivity index (χ3v) is 6.24. The van der Waals surface area contributed by atoms with Gasteiger partial charge in [0.15, 0.2) is 11.5 Å². The Balaban J connectivity index is 1.46. The van der Waals surface area contributed by atoms with E-state index in [1.807, 2.05) is 66.7 Å². The molecule has 8 nitrogen and oxygen atoms in total. The highest BCUT2D eigenvalue weighted by molar-refractivity contribution is 5.99. The molecule has 5 aromatic rings. The van der Waals surface area contributed by atoms with Crippen LogP contribution in [0.3, 0.4) is 0 Å². The number of pyridine rings is 1. The minimum absolute atomic E-state index is 0.0750. The van der Waals surface area contributed by atoms with E-state index >= 15 is 0 Å². The normalized spacial score (nSPS) is 13.9. The van der Waals surface area contributed by atoms with Crippen LogP contribution in [0, 0.1) is 0 Å². The SMILES string of the molecule is Nc1nc(-c2ccccc2)c(-c2ccc3ncccc3c2)nc1C(=O)NC1(c2ccncn2)CC1. The first-order chi connectivity index (χ1) is 17.1. The quantitative estimate of drug-likeness (QED) is 0.405. The predicted octanol–water partition coefficient (Wildman–Crippen LogP) is 4.15. The molecule has 8 heteroatoms. The molecule has 0 atom stereocenters. The summed E-state index contributed by atoms with van der Waals surface area (Å²) in [5.41, 5.74) is 10.4. The summed E-state index contributed by atoms with van der Waals surface area (Å²) in [6, 6.07) is 21.3. The maximum atomic E-state index is 13.4. The Morgan fingerprint density at radius 1 is 0.857 bits per heavy atom. The molecule has 6 rings (SSSR count). The second-order valence-electron chi connectivity index (χ2n) is 8.56. The van der Waals surface area contributed by atoms with Crippen molar-refractivity contribution >= 4 is 22.6 Å². The number of nitrogens with two attached hydrogens (primary N) is 1. The van der Waals surface area contributed by atoms with Crippen molar-refractivity contribution in [2.24, 2.45) is 0 Å². The number of hydrogen-bond acceptors (Lipinski definition) is 7. The van der Waals surface area contributed by atoms with Gasteiger partial charge in [-0.25, -0.2) is 19.9 Å². The molecule has 0 unspecified atom stereocenters. The van der Waals surface area contributed by atoms with Crippen molar-refractivity contribution < 1.29 is 4.79 Å². The Bertz CT molecular complexity index is 1550. The smallest absolute Gasteiger partial charge is 0.274 e. The zero-order valence-corrected chi connectivity index (χ0v) is 18.7. The summed E-state index contributed by atoms with van der Waals surface area (Å²) in [6.45, 7) is 0. The Labute approximate surface area is 201 Å². The molecule has 1 aliphatic rings. The second-order valence-corrected chi connectivity index (χ2v) is 8.56. The number of nitrogens with zero attached hydrogens (tertiary/aromatic N) is 5. The fourth-order valence-corrected chi connectivity index (χ4v) is 4.26. The molecule has 0 spiro atoms. The average Bonchev–Trinajstić information content (AvgIpc) is 3.69. The molecule has 3 heterocycles. The van der Waals surface area contributed by atoms with Crippen molar-refractivity contribution in [3.8, 4) is 22.5 Å². The third kappa shape index (κ3) is 3.85. The average molecular weight is 460 g/mol. The van der Waals surface area contributed by atoms with Crippen LogP contribution in [0.1, 0.15) is 29.0 Å². The summed E-state index contributed by atoms with van der Waals surface area (Å²) in [7, 11) is 0. The van der Waals surface area contributed by atoms with Gasteiger partial charge in [0.2, 0.25) is 0 Å². The first-order valence-electron chi connectivity index (χ1n) is 11.3. The predicted molar refractivity (Wildman–Crippen MR) is 133 cm³/mol. The van der Waals surface area contributed by atoms with Crippen LogP contribution in [0.15, 0.2) is 85.5 Å². The van der Waals surface area contributed by atoms with Gasteiger partial charge in [-0.1, -0.05) is 42.5 Å². The number of aromatic nitrogens is 5. The van der Waals surface area contributed by atoms with Gasteiger partial charge in [-0.15, -0.1) is 0 Å². The van der Waals surface area contributed by atoms with Crippen molar-refractivity contribution in [2.45, 2.75) is 18.4 Å². The number of benzene rings is 2. The van der Waals surface area contributed by atoms with E-state index in [1.165, 1.54) is 6.33 Å². The molecular weight excluding hydrogens is 438 g/mol. The summed E-state index contributed by atoms with van der Waals surface area (Å²) < 4.78 is 0. The summed E-state index contributed by atoms with van der Waals surface area (Å²) in [5.74, 6) is -0.305. The lowest BCUT2D eigenvalue weighted by atomic mass is 10.0. The first kappa shape index (κ1) is 20.9. The van der Waals surface area contributed by atoms with Gasteiger partial charge in [-0.05, 0) is 37.1 Å². The molecule has 3 aromatic heterocycles. The number of fused-ring (bicyclic) bond motifs is 1. The summed E-state index contributed by atoms with van der Waals surface area (Å²) in [6.07, 6.45) is 6.49. The van der Waals surface area contributed by atoms with Crippen LogP contribution in [0.5, 0.6) is 0 Å². The fraction of sp³-hybridized carbons (Fsp3) is 0.111. The van der Waals surface area contributed by atoms with E-state index in [0.29, 0.717) is 11.4 Å². The number of nitrogen functional groups attached to an aromatic ring is 1. The molecular formula is C27H21N7O. The van der Waals surface area contributed by atoms with Gasteiger partial charge in [-0.3, -0.25) is 9.78 Å². The zero-order valence-electron chi connectivity index (χ0n) is 18.7. The van der Waals surface area contributed by atoms with Gasteiger partial charge >= 0.3 is 0 Å². The van der Waals surface area contributed by atoms with Crippen LogP contribution in [0.4, 0.5) is 5.82 Å². The van der Waals surface area contributed by atoms with E-state index in [2.05, 4.69) is 25.3 Å². The molecule has 0 saturated heterocycles. The molecule has 3 N–H and O–H groups in total. The lowest BCUT2D eigenvalue weighted by Crippen LogP contribution is -2.36. The maximum Gasteiger partial charge on any atom is 0.274 e. The number of nitrogens with one attached hydrogen (secondary N) is 1. The third-order valence-electron chi connectivity index (χ3n) is 6.24. The van der Waals surface area contributed by atoms with Crippen LogP contribution in [0.2, 0.25) is 0 Å². The number of carbonyl (C=O) groups is 1. The van der Waals surface area contributed by atoms with E-state index in [0.717, 1.165) is 40.6 Å². The van der Waals surface area contributed by atoms with E-state index in [-0.39, 0.29) is 17.4 Å². The van der Waals surface area contributed by atoms with Gasteiger partial charge in [0.05, 0.1) is 28.1 Å². The fourth-order valence-electron chi connectivity index (χ4n) is 4.26. The monoisotopic (exact) mass is 459 g/mol. The van der Waals surface area contributed by atoms with Crippen LogP contribution in [0.25, 0.3) is 33.4 Å². The number of hydrogen-bond donors (Lipinski definition) is 2. The maximum absolute atomic E-state index is 13.4. The van der Waals surface area contributed by atoms with E-state index in [4.69, 9.17) is 10.7 Å². The Kier molecular flexibility index (Phi) is 4.92. The minimum atomic E-state index is -0.527. The highest BCUT2D eigenvalue weighted by atomic mass is 16.2. The van der Waals surface area contributed by atoms with Crippen LogP contribution < -0.4 is 11.1 Å². The topological polar surface area (TPSA) is 120 Å². The Hall–Kier alpha value is -4.72. The van der Waals surface area contributed by atoms with Crippen LogP contribution in [-0.2, 0) is 5.54 Å². The second kappa shape index (κ2) is 8.25. The number of carbonyl (C=O) groups excluding carboxylic acids is 1. The van der Waals surface area contributed by atoms with Gasteiger partial charge in [-0.2, -0.15) is 0 Å². The van der Waals surface area contributed by atoms with E-state index in [9.17, 15) is 4.79 Å². The molecule has 1 amide bonds. The largest absolute Gasteiger partial charge is 0.382 e. The van der Waals surface area contributed by atoms with Crippen molar-refractivity contribution in [2.75, 3.05) is 5.73 Å². The minimum Gasteiger partial charge on any atom is -0.382 e. The molecule has 1 aliphatic carbocycles. The Morgan fingerprint density at radius 3 is 2.46 bits per heavy atom. The van der Waals surface area contributed by atoms with Crippen molar-refractivity contribution in [3.63, 3.8) is 0 Å². The van der Waals surface area contributed by atoms with Gasteiger partial charge in [0.25, 0.3) is 5.91 Å². The molecule has 0 radical (unpaired) electrons. The van der Waals surface area contributed by atoms with E-state index < -0.39 is 5.54 Å². The highest BCUT2D eigenvalue weighted by Gasteiger charge is 2.47. The molecule has 0 bridgehead atoms. The van der Waals surface area contributed by atoms with Gasteiger partial charge in [0.1, 0.15) is 6.33 Å². The van der Waals surface area contributed by atoms with Crippen molar-refractivity contribution in [1.82, 2.24) is 30.2 Å². The van der Waals surface area contributed by atoms with Crippen LogP contribution in [-0.4, -0.2) is 30.8 Å². The van der Waals surface area contributed by atoms with Crippen molar-refractivity contribution in [1.29, 1.82) is 0 Å². The van der Waals surface area contributed by atoms with Crippen molar-refractivity contribution in [3.05, 3.63) is 96.8 Å². The standard InChI is InChI=1S/C27H21N7O/c28-25-24(26(35)34-27(11-12-27)21-10-14-29-16-31-21)32-23(22(33-25)17-5-2-1-3-6-17)19-8-9-20-18(15-19)7-4-13-30-20/h1-10,13-16H,11-12H2,(H2,28,33)(H,34,35). The summed E-state index contributed by atoms with van der Waals surface area (Å²) >= 11 is 0. The Morgan fingerprint density at radius 2 is 1.69 bits per heavy atom.